The van der Waals surface area contributed by atoms with Crippen LogP contribution in [0.25, 0.3) is 6.08 Å². The molecule has 2 rings (SSSR count). The van der Waals surface area contributed by atoms with E-state index in [4.69, 9.17) is 9.47 Å². The summed E-state index contributed by atoms with van der Waals surface area (Å²) in [4.78, 5) is 0. The molecule has 0 radical (unpaired) electrons. The van der Waals surface area contributed by atoms with Crippen molar-refractivity contribution in [3.63, 3.8) is 0 Å². The van der Waals surface area contributed by atoms with Crippen LogP contribution < -0.4 is 9.47 Å². The zero-order chi connectivity index (χ0) is 14.4. The number of hydrogen-bond donors (Lipinski definition) is 0. The third-order valence-electron chi connectivity index (χ3n) is 2.76. The Morgan fingerprint density at radius 1 is 1.05 bits per heavy atom. The first-order valence-electron chi connectivity index (χ1n) is 6.78. The average molecular weight is 268 g/mol. The van der Waals surface area contributed by atoms with Crippen LogP contribution in [0.15, 0.2) is 55.1 Å². The Kier molecular flexibility index (Phi) is 4.83. The van der Waals surface area contributed by atoms with Gasteiger partial charge >= 0.3 is 0 Å². The maximum Gasteiger partial charge on any atom is 0.124 e. The van der Waals surface area contributed by atoms with Crippen molar-refractivity contribution in [1.82, 2.24) is 0 Å². The second kappa shape index (κ2) is 6.80. The molecular weight excluding hydrogens is 248 g/mol. The lowest BCUT2D eigenvalue weighted by Gasteiger charge is -2.13. The van der Waals surface area contributed by atoms with Crippen LogP contribution in [0.3, 0.4) is 0 Å². The van der Waals surface area contributed by atoms with E-state index >= 15 is 0 Å². The summed E-state index contributed by atoms with van der Waals surface area (Å²) in [6.07, 6.45) is 1.93. The predicted molar refractivity (Wildman–Crippen MR) is 83.1 cm³/mol. The normalized spacial score (nSPS) is 10.3. The molecule has 0 fully saturated rings. The molecular formula is C18H20O2. The van der Waals surface area contributed by atoms with Crippen molar-refractivity contribution in [1.29, 1.82) is 0 Å². The first-order valence-corrected chi connectivity index (χ1v) is 6.78. The highest BCUT2D eigenvalue weighted by Crippen LogP contribution is 2.25. The Bertz CT molecular complexity index is 559. The summed E-state index contributed by atoms with van der Waals surface area (Å²) >= 11 is 0. The van der Waals surface area contributed by atoms with Gasteiger partial charge in [-0.2, -0.15) is 0 Å². The molecule has 0 amide bonds. The van der Waals surface area contributed by atoms with Crippen LogP contribution in [0.1, 0.15) is 25.0 Å². The third kappa shape index (κ3) is 4.16. The van der Waals surface area contributed by atoms with E-state index in [0.717, 1.165) is 22.6 Å². The van der Waals surface area contributed by atoms with E-state index in [1.165, 1.54) is 0 Å². The summed E-state index contributed by atoms with van der Waals surface area (Å²) in [5, 5.41) is 0. The quantitative estimate of drug-likeness (QED) is 0.756. The smallest absolute Gasteiger partial charge is 0.124 e. The Labute approximate surface area is 120 Å². The molecule has 0 saturated heterocycles. The third-order valence-corrected chi connectivity index (χ3v) is 2.76. The van der Waals surface area contributed by atoms with Crippen LogP contribution in [-0.4, -0.2) is 6.10 Å². The first-order chi connectivity index (χ1) is 9.67. The minimum Gasteiger partial charge on any atom is -0.491 e. The molecule has 0 aliphatic rings. The van der Waals surface area contributed by atoms with Gasteiger partial charge in [0, 0.05) is 6.07 Å². The van der Waals surface area contributed by atoms with Gasteiger partial charge in [0.25, 0.3) is 0 Å². The lowest BCUT2D eigenvalue weighted by atomic mass is 10.2. The SMILES string of the molecule is C=Cc1cc(OCc2ccccc2)cc(OC(C)C)c1. The van der Waals surface area contributed by atoms with Gasteiger partial charge in [-0.05, 0) is 37.1 Å². The highest BCUT2D eigenvalue weighted by Gasteiger charge is 2.04. The molecule has 0 unspecified atom stereocenters. The van der Waals surface area contributed by atoms with E-state index in [9.17, 15) is 0 Å². The molecule has 2 aromatic carbocycles. The van der Waals surface area contributed by atoms with Crippen molar-refractivity contribution in [3.8, 4) is 11.5 Å². The van der Waals surface area contributed by atoms with Crippen LogP contribution in [0.4, 0.5) is 0 Å². The fraction of sp³-hybridized carbons (Fsp3) is 0.222. The molecule has 0 bridgehead atoms. The van der Waals surface area contributed by atoms with E-state index in [1.54, 1.807) is 6.08 Å². The Hall–Kier alpha value is -2.22. The molecule has 0 heterocycles. The van der Waals surface area contributed by atoms with Gasteiger partial charge in [-0.25, -0.2) is 0 Å². The molecule has 0 aliphatic heterocycles. The van der Waals surface area contributed by atoms with Crippen LogP contribution >= 0.6 is 0 Å². The van der Waals surface area contributed by atoms with Gasteiger partial charge in [0.2, 0.25) is 0 Å². The van der Waals surface area contributed by atoms with Gasteiger partial charge in [-0.1, -0.05) is 43.0 Å². The van der Waals surface area contributed by atoms with Gasteiger partial charge in [0.1, 0.15) is 18.1 Å². The zero-order valence-corrected chi connectivity index (χ0v) is 12.0. The fourth-order valence-corrected chi connectivity index (χ4v) is 1.88. The number of benzene rings is 2. The molecule has 0 aliphatic carbocycles. The van der Waals surface area contributed by atoms with Crippen molar-refractivity contribution in [2.45, 2.75) is 26.6 Å². The molecule has 0 N–H and O–H groups in total. The topological polar surface area (TPSA) is 18.5 Å². The van der Waals surface area contributed by atoms with Crippen molar-refractivity contribution in [2.24, 2.45) is 0 Å². The monoisotopic (exact) mass is 268 g/mol. The molecule has 20 heavy (non-hydrogen) atoms. The number of ether oxygens (including phenoxy) is 2. The Morgan fingerprint density at radius 2 is 1.75 bits per heavy atom. The van der Waals surface area contributed by atoms with Crippen molar-refractivity contribution in [3.05, 3.63) is 66.2 Å². The van der Waals surface area contributed by atoms with Crippen LogP contribution in [0.5, 0.6) is 11.5 Å². The molecule has 0 spiro atoms. The molecule has 0 saturated carbocycles. The van der Waals surface area contributed by atoms with Gasteiger partial charge in [-0.15, -0.1) is 0 Å². The second-order valence-electron chi connectivity index (χ2n) is 4.88. The minimum atomic E-state index is 0.136. The highest BCUT2D eigenvalue weighted by atomic mass is 16.5. The van der Waals surface area contributed by atoms with E-state index in [0.29, 0.717) is 6.61 Å². The van der Waals surface area contributed by atoms with Gasteiger partial charge < -0.3 is 9.47 Å². The van der Waals surface area contributed by atoms with Crippen molar-refractivity contribution < 1.29 is 9.47 Å². The van der Waals surface area contributed by atoms with Crippen molar-refractivity contribution in [2.75, 3.05) is 0 Å². The maximum atomic E-state index is 5.83. The van der Waals surface area contributed by atoms with E-state index in [2.05, 4.69) is 6.58 Å². The van der Waals surface area contributed by atoms with Crippen LogP contribution in [0, 0.1) is 0 Å². The fourth-order valence-electron chi connectivity index (χ4n) is 1.88. The van der Waals surface area contributed by atoms with E-state index in [-0.39, 0.29) is 6.10 Å². The summed E-state index contributed by atoms with van der Waals surface area (Å²) < 4.78 is 11.6. The summed E-state index contributed by atoms with van der Waals surface area (Å²) in [6, 6.07) is 15.9. The van der Waals surface area contributed by atoms with Crippen LogP contribution in [0.2, 0.25) is 0 Å². The maximum absolute atomic E-state index is 5.83. The van der Waals surface area contributed by atoms with Crippen molar-refractivity contribution >= 4 is 6.08 Å². The van der Waals surface area contributed by atoms with Crippen LogP contribution in [-0.2, 0) is 6.61 Å². The lowest BCUT2D eigenvalue weighted by molar-refractivity contribution is 0.239. The van der Waals surface area contributed by atoms with E-state index < -0.39 is 0 Å². The second-order valence-corrected chi connectivity index (χ2v) is 4.88. The predicted octanol–water partition coefficient (Wildman–Crippen LogP) is 4.70. The first kappa shape index (κ1) is 14.2. The summed E-state index contributed by atoms with van der Waals surface area (Å²) in [6.45, 7) is 8.35. The summed E-state index contributed by atoms with van der Waals surface area (Å²) in [7, 11) is 0. The summed E-state index contributed by atoms with van der Waals surface area (Å²) in [5.41, 5.74) is 2.13. The largest absolute Gasteiger partial charge is 0.491 e. The van der Waals surface area contributed by atoms with E-state index in [1.807, 2.05) is 62.4 Å². The van der Waals surface area contributed by atoms with Gasteiger partial charge in [-0.3, -0.25) is 0 Å². The zero-order valence-electron chi connectivity index (χ0n) is 12.0. The average Bonchev–Trinajstić information content (AvgIpc) is 2.45. The molecule has 0 atom stereocenters. The molecule has 104 valence electrons. The summed E-state index contributed by atoms with van der Waals surface area (Å²) in [5.74, 6) is 1.60. The lowest BCUT2D eigenvalue weighted by Crippen LogP contribution is -2.06. The van der Waals surface area contributed by atoms with Gasteiger partial charge in [0.05, 0.1) is 6.10 Å². The molecule has 0 aromatic heterocycles. The molecule has 2 heteroatoms. The molecule has 2 nitrogen and oxygen atoms in total. The Balaban J connectivity index is 2.12. The highest BCUT2D eigenvalue weighted by molar-refractivity contribution is 5.53. The Morgan fingerprint density at radius 3 is 2.40 bits per heavy atom. The number of rotatable bonds is 6. The standard InChI is InChI=1S/C18H20O2/c1-4-15-10-17(12-18(11-15)20-14(2)3)19-13-16-8-6-5-7-9-16/h4-12,14H,1,13H2,2-3H3. The minimum absolute atomic E-state index is 0.136. The van der Waals surface area contributed by atoms with Gasteiger partial charge in [0.15, 0.2) is 0 Å². The number of hydrogen-bond acceptors (Lipinski definition) is 2. The molecule has 2 aromatic rings.